The Morgan fingerprint density at radius 1 is 1.36 bits per heavy atom. The highest BCUT2D eigenvalue weighted by Crippen LogP contribution is 2.37. The summed E-state index contributed by atoms with van der Waals surface area (Å²) in [6.07, 6.45) is 2.23. The molecule has 1 heterocycles. The van der Waals surface area contributed by atoms with E-state index in [0.717, 1.165) is 29.7 Å². The lowest BCUT2D eigenvalue weighted by Gasteiger charge is -2.15. The number of para-hydroxylation sites is 1. The molecule has 116 valence electrons. The number of hydrogen-bond acceptors (Lipinski definition) is 5. The number of carbonyl (C=O) groups excluding carboxylic acids is 1. The molecule has 7 heteroatoms. The molecule has 1 fully saturated rings. The van der Waals surface area contributed by atoms with Crippen molar-refractivity contribution in [1.82, 2.24) is 20.2 Å². The van der Waals surface area contributed by atoms with Crippen LogP contribution in [0.5, 0.6) is 0 Å². The number of aromatic nitrogens is 4. The van der Waals surface area contributed by atoms with E-state index in [2.05, 4.69) is 20.8 Å². The second-order valence-corrected chi connectivity index (χ2v) is 6.96. The van der Waals surface area contributed by atoms with Crippen LogP contribution in [0.25, 0.3) is 0 Å². The van der Waals surface area contributed by atoms with Crippen molar-refractivity contribution in [2.24, 2.45) is 0 Å². The Labute approximate surface area is 133 Å². The van der Waals surface area contributed by atoms with Gasteiger partial charge < -0.3 is 5.32 Å². The molecule has 6 nitrogen and oxygen atoms in total. The first-order valence-electron chi connectivity index (χ1n) is 7.38. The number of thioether (sulfide) groups is 1. The number of rotatable bonds is 5. The van der Waals surface area contributed by atoms with E-state index in [4.69, 9.17) is 0 Å². The summed E-state index contributed by atoms with van der Waals surface area (Å²) >= 11 is 1.40. The van der Waals surface area contributed by atoms with Crippen LogP contribution in [0.15, 0.2) is 23.4 Å². The van der Waals surface area contributed by atoms with Gasteiger partial charge in [0.15, 0.2) is 0 Å². The lowest BCUT2D eigenvalue weighted by atomic mass is 10.1. The molecule has 0 aliphatic heterocycles. The molecule has 0 bridgehead atoms. The Hall–Kier alpha value is -1.89. The predicted molar refractivity (Wildman–Crippen MR) is 86.0 cm³/mol. The molecule has 22 heavy (non-hydrogen) atoms. The van der Waals surface area contributed by atoms with Gasteiger partial charge in [-0.1, -0.05) is 30.0 Å². The Morgan fingerprint density at radius 2 is 2.05 bits per heavy atom. The van der Waals surface area contributed by atoms with Gasteiger partial charge in [-0.05, 0) is 55.2 Å². The van der Waals surface area contributed by atoms with Crippen molar-refractivity contribution in [3.05, 3.63) is 29.3 Å². The maximum Gasteiger partial charge on any atom is 0.237 e. The molecule has 3 rings (SSSR count). The molecule has 1 aromatic heterocycles. The average molecular weight is 317 g/mol. The van der Waals surface area contributed by atoms with Gasteiger partial charge in [0.05, 0.1) is 11.3 Å². The van der Waals surface area contributed by atoms with E-state index >= 15 is 0 Å². The van der Waals surface area contributed by atoms with Crippen molar-refractivity contribution in [3.63, 3.8) is 0 Å². The van der Waals surface area contributed by atoms with E-state index in [1.54, 1.807) is 0 Å². The summed E-state index contributed by atoms with van der Waals surface area (Å²) in [5.74, 6) is -0.0345. The van der Waals surface area contributed by atoms with Gasteiger partial charge in [-0.3, -0.25) is 4.79 Å². The normalized spacial score (nSPS) is 15.6. The average Bonchev–Trinajstić information content (AvgIpc) is 3.23. The standard InChI is InChI=1S/C15H19N5OS/c1-9-5-4-6-10(2)13(9)16-14(21)11(3)22-15-17-18-19-20(15)12-7-8-12/h4-6,11-12H,7-8H2,1-3H3,(H,16,21)/t11-/m1/s1. The van der Waals surface area contributed by atoms with Crippen molar-refractivity contribution in [1.29, 1.82) is 0 Å². The van der Waals surface area contributed by atoms with Crippen LogP contribution in [-0.2, 0) is 4.79 Å². The van der Waals surface area contributed by atoms with E-state index < -0.39 is 0 Å². The molecule has 0 saturated heterocycles. The topological polar surface area (TPSA) is 72.7 Å². The second kappa shape index (κ2) is 6.08. The SMILES string of the molecule is Cc1cccc(C)c1NC(=O)[C@@H](C)Sc1nnnn1C1CC1. The van der Waals surface area contributed by atoms with Crippen LogP contribution in [0.2, 0.25) is 0 Å². The number of benzene rings is 1. The largest absolute Gasteiger partial charge is 0.325 e. The summed E-state index contributed by atoms with van der Waals surface area (Å²) in [6.45, 7) is 5.86. The molecule has 2 aromatic rings. The maximum atomic E-state index is 12.4. The summed E-state index contributed by atoms with van der Waals surface area (Å²) in [7, 11) is 0. The molecule has 1 atom stereocenters. The van der Waals surface area contributed by atoms with E-state index in [9.17, 15) is 4.79 Å². The smallest absolute Gasteiger partial charge is 0.237 e. The van der Waals surface area contributed by atoms with Crippen LogP contribution < -0.4 is 5.32 Å². The van der Waals surface area contributed by atoms with Crippen molar-refractivity contribution >= 4 is 23.4 Å². The first kappa shape index (κ1) is 15.0. The van der Waals surface area contributed by atoms with E-state index in [1.165, 1.54) is 11.8 Å². The number of carbonyl (C=O) groups is 1. The summed E-state index contributed by atoms with van der Waals surface area (Å²) in [4.78, 5) is 12.4. The molecule has 1 N–H and O–H groups in total. The predicted octanol–water partition coefficient (Wildman–Crippen LogP) is 2.74. The summed E-state index contributed by atoms with van der Waals surface area (Å²) < 4.78 is 1.83. The van der Waals surface area contributed by atoms with Gasteiger partial charge in [-0.25, -0.2) is 4.68 Å². The third-order valence-corrected chi connectivity index (χ3v) is 4.78. The van der Waals surface area contributed by atoms with Crippen LogP contribution >= 0.6 is 11.8 Å². The Kier molecular flexibility index (Phi) is 4.15. The third-order valence-electron chi connectivity index (χ3n) is 3.74. The van der Waals surface area contributed by atoms with Crippen molar-refractivity contribution in [2.75, 3.05) is 5.32 Å². The fourth-order valence-corrected chi connectivity index (χ4v) is 3.12. The van der Waals surface area contributed by atoms with Gasteiger partial charge in [-0.2, -0.15) is 0 Å². The van der Waals surface area contributed by atoms with E-state index in [1.807, 2.05) is 43.7 Å². The first-order valence-corrected chi connectivity index (χ1v) is 8.26. The fraction of sp³-hybridized carbons (Fsp3) is 0.467. The molecule has 0 unspecified atom stereocenters. The lowest BCUT2D eigenvalue weighted by Crippen LogP contribution is -2.24. The van der Waals surface area contributed by atoms with Gasteiger partial charge in [-0.15, -0.1) is 5.10 Å². The molecular weight excluding hydrogens is 298 g/mol. The minimum atomic E-state index is -0.262. The highest BCUT2D eigenvalue weighted by Gasteiger charge is 2.29. The number of tetrazole rings is 1. The fourth-order valence-electron chi connectivity index (χ4n) is 2.26. The van der Waals surface area contributed by atoms with Crippen LogP contribution in [0.4, 0.5) is 5.69 Å². The molecular formula is C15H19N5OS. The second-order valence-electron chi connectivity index (χ2n) is 5.65. The molecule has 1 saturated carbocycles. The molecule has 1 aliphatic rings. The zero-order valence-corrected chi connectivity index (χ0v) is 13.7. The Bertz CT molecular complexity index is 675. The van der Waals surface area contributed by atoms with Crippen LogP contribution in [0.3, 0.4) is 0 Å². The van der Waals surface area contributed by atoms with E-state index in [0.29, 0.717) is 11.2 Å². The molecule has 1 aliphatic carbocycles. The number of nitrogens with one attached hydrogen (secondary N) is 1. The number of amides is 1. The van der Waals surface area contributed by atoms with E-state index in [-0.39, 0.29) is 11.2 Å². The van der Waals surface area contributed by atoms with Gasteiger partial charge in [0.2, 0.25) is 11.1 Å². The van der Waals surface area contributed by atoms with Crippen LogP contribution in [-0.4, -0.2) is 31.4 Å². The van der Waals surface area contributed by atoms with Gasteiger partial charge >= 0.3 is 0 Å². The van der Waals surface area contributed by atoms with Crippen molar-refractivity contribution in [3.8, 4) is 0 Å². The lowest BCUT2D eigenvalue weighted by molar-refractivity contribution is -0.115. The summed E-state index contributed by atoms with van der Waals surface area (Å²) in [5, 5.41) is 15.2. The van der Waals surface area contributed by atoms with Crippen LogP contribution in [0.1, 0.15) is 36.9 Å². The summed E-state index contributed by atoms with van der Waals surface area (Å²) in [6, 6.07) is 6.39. The third kappa shape index (κ3) is 3.14. The maximum absolute atomic E-state index is 12.4. The number of anilines is 1. The van der Waals surface area contributed by atoms with Crippen molar-refractivity contribution in [2.45, 2.75) is 50.1 Å². The minimum Gasteiger partial charge on any atom is -0.325 e. The monoisotopic (exact) mass is 317 g/mol. The van der Waals surface area contributed by atoms with Gasteiger partial charge in [0, 0.05) is 5.69 Å². The molecule has 0 radical (unpaired) electrons. The highest BCUT2D eigenvalue weighted by molar-refractivity contribution is 8.00. The number of hydrogen-bond donors (Lipinski definition) is 1. The van der Waals surface area contributed by atoms with Gasteiger partial charge in [0.25, 0.3) is 0 Å². The van der Waals surface area contributed by atoms with Crippen LogP contribution in [0, 0.1) is 13.8 Å². The molecule has 0 spiro atoms. The molecule has 1 aromatic carbocycles. The van der Waals surface area contributed by atoms with Gasteiger partial charge in [0.1, 0.15) is 0 Å². The Morgan fingerprint density at radius 3 is 2.68 bits per heavy atom. The van der Waals surface area contributed by atoms with Crippen molar-refractivity contribution < 1.29 is 4.79 Å². The molecule has 1 amide bonds. The number of aryl methyl sites for hydroxylation is 2. The zero-order chi connectivity index (χ0) is 15.7. The number of nitrogens with zero attached hydrogens (tertiary/aromatic N) is 4. The summed E-state index contributed by atoms with van der Waals surface area (Å²) in [5.41, 5.74) is 3.02. The quantitative estimate of drug-likeness (QED) is 0.858. The first-order chi connectivity index (χ1) is 10.6. The minimum absolute atomic E-state index is 0.0345. The Balaban J connectivity index is 1.68. The highest BCUT2D eigenvalue weighted by atomic mass is 32.2. The zero-order valence-electron chi connectivity index (χ0n) is 12.9.